The summed E-state index contributed by atoms with van der Waals surface area (Å²) in [4.78, 5) is 4.89. The van der Waals surface area contributed by atoms with Gasteiger partial charge in [-0.3, -0.25) is 4.99 Å². The van der Waals surface area contributed by atoms with Gasteiger partial charge in [-0.25, -0.2) is 12.8 Å². The Morgan fingerprint density at radius 3 is 2.58 bits per heavy atom. The van der Waals surface area contributed by atoms with Gasteiger partial charge < -0.3 is 10.2 Å². The van der Waals surface area contributed by atoms with Crippen LogP contribution in [0.1, 0.15) is 31.2 Å². The molecule has 1 atom stereocenters. The van der Waals surface area contributed by atoms with Gasteiger partial charge in [-0.15, -0.1) is 11.3 Å². The Balaban J connectivity index is 1.71. The first-order valence-corrected chi connectivity index (χ1v) is 11.7. The molecule has 1 aliphatic rings. The maximum atomic E-state index is 14.9. The van der Waals surface area contributed by atoms with Gasteiger partial charge in [0.15, 0.2) is 9.84 Å². The van der Waals surface area contributed by atoms with Crippen molar-refractivity contribution in [2.45, 2.75) is 31.1 Å². The molecule has 0 unspecified atom stereocenters. The number of nitrogens with two attached hydrogens (primary N) is 1. The first-order chi connectivity index (χ1) is 14.5. The molecule has 0 bridgehead atoms. The largest absolute Gasteiger partial charge is 0.405 e. The van der Waals surface area contributed by atoms with E-state index in [1.165, 1.54) is 19.9 Å². The minimum atomic E-state index is -3.66. The number of aromatic amines is 1. The maximum Gasteiger partial charge on any atom is 0.405 e. The van der Waals surface area contributed by atoms with Crippen LogP contribution in [0.15, 0.2) is 39.7 Å². The number of hydrogen-bond donors (Lipinski definition) is 1. The molecule has 31 heavy (non-hydrogen) atoms. The highest BCUT2D eigenvalue weighted by atomic mass is 32.2. The molecule has 1 aromatic carbocycles. The van der Waals surface area contributed by atoms with Gasteiger partial charge in [0.2, 0.25) is 0 Å². The van der Waals surface area contributed by atoms with Crippen LogP contribution in [0, 0.1) is 17.1 Å². The van der Waals surface area contributed by atoms with Crippen molar-refractivity contribution >= 4 is 27.0 Å². The maximum absolute atomic E-state index is 14.9. The van der Waals surface area contributed by atoms with Crippen LogP contribution in [0.3, 0.4) is 0 Å². The van der Waals surface area contributed by atoms with Gasteiger partial charge in [-0.2, -0.15) is 5.26 Å². The fourth-order valence-electron chi connectivity index (χ4n) is 3.27. The highest BCUT2D eigenvalue weighted by Gasteiger charge is 2.50. The molecule has 3 heterocycles. The number of aliphatic imine (C=N–C) groups is 1. The first-order valence-electron chi connectivity index (χ1n) is 9.24. The molecule has 1 aliphatic heterocycles. The molecule has 0 saturated heterocycles. The van der Waals surface area contributed by atoms with E-state index in [2.05, 4.69) is 15.2 Å². The summed E-state index contributed by atoms with van der Waals surface area (Å²) in [6.45, 7) is 4.53. The Morgan fingerprint density at radius 1 is 1.29 bits per heavy atom. The van der Waals surface area contributed by atoms with E-state index in [9.17, 15) is 12.8 Å². The third-order valence-electron chi connectivity index (χ3n) is 5.35. The third-order valence-corrected chi connectivity index (χ3v) is 9.41. The summed E-state index contributed by atoms with van der Waals surface area (Å²) >= 11 is 1.01. The predicted molar refractivity (Wildman–Crippen MR) is 113 cm³/mol. The molecule has 3 aromatic rings. The Morgan fingerprint density at radius 2 is 1.97 bits per heavy atom. The van der Waals surface area contributed by atoms with E-state index in [4.69, 9.17) is 15.4 Å². The van der Waals surface area contributed by atoms with Gasteiger partial charge in [0.1, 0.15) is 21.9 Å². The van der Waals surface area contributed by atoms with Gasteiger partial charge in [0.25, 0.3) is 0 Å². The molecule has 4 rings (SSSR count). The molecule has 0 aliphatic carbocycles. The lowest BCUT2D eigenvalue weighted by atomic mass is 10.0. The molecule has 11 heteroatoms. The number of nitrogens with zero attached hydrogens (tertiary/aromatic N) is 3. The lowest BCUT2D eigenvalue weighted by Crippen LogP contribution is -2.54. The normalized spacial score (nSPS) is 22.0. The number of sulfone groups is 1. The highest BCUT2D eigenvalue weighted by Crippen LogP contribution is 2.43. The van der Waals surface area contributed by atoms with Gasteiger partial charge in [-0.1, -0.05) is 5.10 Å². The van der Waals surface area contributed by atoms with Crippen molar-refractivity contribution < 1.29 is 22.3 Å². The second-order valence-electron chi connectivity index (χ2n) is 7.98. The fourth-order valence-corrected chi connectivity index (χ4v) is 6.09. The minimum Gasteiger partial charge on any atom is -0.386 e. The third kappa shape index (κ3) is 3.41. The fraction of sp³-hybridized carbons (Fsp3) is 0.300. The number of benzene rings is 1. The van der Waals surface area contributed by atoms with Gasteiger partial charge in [-0.05, 0) is 51.1 Å². The number of nitrogens with one attached hydrogen (secondary N) is 1. The van der Waals surface area contributed by atoms with Crippen LogP contribution in [-0.4, -0.2) is 29.9 Å². The number of amidine groups is 1. The number of rotatable bonds is 3. The van der Waals surface area contributed by atoms with Crippen LogP contribution in [0.25, 0.3) is 22.2 Å². The van der Waals surface area contributed by atoms with E-state index in [0.717, 1.165) is 11.3 Å². The average Bonchev–Trinajstić information content (AvgIpc) is 3.33. The minimum absolute atomic E-state index is 0.0526. The van der Waals surface area contributed by atoms with Crippen molar-refractivity contribution in [1.82, 2.24) is 5.10 Å². The van der Waals surface area contributed by atoms with Crippen LogP contribution in [0.4, 0.5) is 4.39 Å². The first kappa shape index (κ1) is 21.1. The molecule has 160 valence electrons. The summed E-state index contributed by atoms with van der Waals surface area (Å²) in [5.74, 6) is -0.534. The topological polar surface area (TPSA) is 136 Å². The lowest BCUT2D eigenvalue weighted by Gasteiger charge is -2.37. The second kappa shape index (κ2) is 6.96. The van der Waals surface area contributed by atoms with E-state index in [0.29, 0.717) is 21.9 Å². The molecule has 0 radical (unpaired) electrons. The molecule has 0 fully saturated rings. The molecular weight excluding hydrogens is 441 g/mol. The number of halogens is 1. The Kier molecular flexibility index (Phi) is 4.75. The summed E-state index contributed by atoms with van der Waals surface area (Å²) in [5, 5.41) is 15.8. The smallest absolute Gasteiger partial charge is 0.386 e. The molecule has 2 aromatic heterocycles. The van der Waals surface area contributed by atoms with E-state index in [-0.39, 0.29) is 22.4 Å². The van der Waals surface area contributed by atoms with Gasteiger partial charge in [0, 0.05) is 5.10 Å². The van der Waals surface area contributed by atoms with Gasteiger partial charge in [0.05, 0.1) is 32.7 Å². The Labute approximate surface area is 182 Å². The average molecular weight is 461 g/mol. The van der Waals surface area contributed by atoms with Crippen molar-refractivity contribution in [3.8, 4) is 28.3 Å². The standard InChI is InChI=1S/C20H18FN5O3S2/c1-19(2)18(23)24-20(3,10-31(19,27)28)15-13(21)8-14(30-15)17-26-25-16(29-17)12-6-4-11(9-22)5-7-12/h4-8H,10H2,1-3H3,(H2,23,24)/p+1/t20-/m0/s1. The van der Waals surface area contributed by atoms with Crippen LogP contribution in [0.2, 0.25) is 0 Å². The number of H-pyrrole nitrogens is 1. The zero-order valence-corrected chi connectivity index (χ0v) is 18.6. The van der Waals surface area contributed by atoms with Crippen molar-refractivity contribution in [3.63, 3.8) is 0 Å². The Hall–Kier alpha value is -3.10. The number of thiophene rings is 1. The summed E-state index contributed by atoms with van der Waals surface area (Å²) < 4.78 is 44.8. The highest BCUT2D eigenvalue weighted by molar-refractivity contribution is 7.93. The zero-order valence-electron chi connectivity index (χ0n) is 16.9. The van der Waals surface area contributed by atoms with Crippen molar-refractivity contribution in [2.75, 3.05) is 5.75 Å². The quantitative estimate of drug-likeness (QED) is 0.638. The van der Waals surface area contributed by atoms with Crippen molar-refractivity contribution in [3.05, 3.63) is 46.6 Å². The second-order valence-corrected chi connectivity index (χ2v) is 11.6. The molecule has 3 N–H and O–H groups in total. The summed E-state index contributed by atoms with van der Waals surface area (Å²) in [6.07, 6.45) is 0. The summed E-state index contributed by atoms with van der Waals surface area (Å²) in [6, 6.07) is 9.96. The van der Waals surface area contributed by atoms with Crippen molar-refractivity contribution in [1.29, 1.82) is 5.26 Å². The summed E-state index contributed by atoms with van der Waals surface area (Å²) in [5.41, 5.74) is 5.78. The van der Waals surface area contributed by atoms with Crippen LogP contribution in [-0.2, 0) is 15.4 Å². The van der Waals surface area contributed by atoms with Crippen LogP contribution < -0.4 is 10.8 Å². The van der Waals surface area contributed by atoms with Crippen LogP contribution >= 0.6 is 11.3 Å². The zero-order chi connectivity index (χ0) is 22.6. The summed E-state index contributed by atoms with van der Waals surface area (Å²) in [7, 11) is -3.66. The predicted octanol–water partition coefficient (Wildman–Crippen LogP) is 2.67. The van der Waals surface area contributed by atoms with E-state index < -0.39 is 25.9 Å². The Bertz CT molecular complexity index is 1350. The molecule has 0 spiro atoms. The molecule has 0 amide bonds. The number of aromatic nitrogens is 2. The molecule has 0 saturated carbocycles. The van der Waals surface area contributed by atoms with E-state index >= 15 is 0 Å². The SMILES string of the molecule is CC1(C)C(N)=N[C@](C)(c2sc(-c3n[nH+]c(-c4ccc(C#N)cc4)o3)cc2F)CS1(=O)=O. The van der Waals surface area contributed by atoms with Crippen molar-refractivity contribution in [2.24, 2.45) is 10.7 Å². The molecular formula is C20H19FN5O3S2+. The van der Waals surface area contributed by atoms with Gasteiger partial charge >= 0.3 is 11.8 Å². The number of nitriles is 1. The van der Waals surface area contributed by atoms with Crippen LogP contribution in [0.5, 0.6) is 0 Å². The molecule has 8 nitrogen and oxygen atoms in total. The lowest BCUT2D eigenvalue weighted by molar-refractivity contribution is -0.441. The monoisotopic (exact) mass is 460 g/mol. The van der Waals surface area contributed by atoms with E-state index in [1.54, 1.807) is 31.2 Å². The van der Waals surface area contributed by atoms with E-state index in [1.807, 2.05) is 6.07 Å². The number of hydrogen-bond acceptors (Lipinski definition) is 8.